The lowest BCUT2D eigenvalue weighted by molar-refractivity contribution is -0.889. The van der Waals surface area contributed by atoms with Crippen molar-refractivity contribution in [1.29, 1.82) is 0 Å². The van der Waals surface area contributed by atoms with Gasteiger partial charge in [0, 0.05) is 19.3 Å². The fourth-order valence-corrected chi connectivity index (χ4v) is 5.33. The van der Waals surface area contributed by atoms with E-state index in [0.29, 0.717) is 12.8 Å². The Morgan fingerprint density at radius 2 is 1.07 bits per heavy atom. The van der Waals surface area contributed by atoms with Gasteiger partial charge in [-0.05, 0) is 70.6 Å². The third-order valence-corrected chi connectivity index (χ3v) is 8.53. The summed E-state index contributed by atoms with van der Waals surface area (Å²) in [5, 5.41) is 11.6. The Kier molecular flexibility index (Phi) is 34.1. The van der Waals surface area contributed by atoms with Crippen molar-refractivity contribution >= 4 is 17.9 Å². The number of rotatable bonds is 35. The zero-order chi connectivity index (χ0) is 40.0. The summed E-state index contributed by atoms with van der Waals surface area (Å²) in [5.74, 6) is -1.91. The van der Waals surface area contributed by atoms with Crippen LogP contribution in [0.1, 0.15) is 136 Å². The Morgan fingerprint density at radius 3 is 1.61 bits per heavy atom. The molecule has 8 heteroatoms. The molecule has 0 radical (unpaired) electrons. The number of allylic oxidation sites excluding steroid dienone is 14. The topological polar surface area (TPSA) is 102 Å². The van der Waals surface area contributed by atoms with E-state index < -0.39 is 24.1 Å². The van der Waals surface area contributed by atoms with Crippen molar-refractivity contribution in [2.24, 2.45) is 0 Å². The van der Waals surface area contributed by atoms with E-state index in [9.17, 15) is 19.5 Å². The number of carboxylic acids is 1. The Morgan fingerprint density at radius 1 is 0.574 bits per heavy atom. The summed E-state index contributed by atoms with van der Waals surface area (Å²) < 4.78 is 17.0. The highest BCUT2D eigenvalue weighted by atomic mass is 16.6. The van der Waals surface area contributed by atoms with Gasteiger partial charge in [0.05, 0.1) is 40.3 Å². The van der Waals surface area contributed by atoms with Gasteiger partial charge in [-0.1, -0.05) is 131 Å². The second-order valence-electron chi connectivity index (χ2n) is 14.5. The summed E-state index contributed by atoms with van der Waals surface area (Å²) in [6.07, 6.45) is 46.3. The molecule has 0 fully saturated rings. The molecule has 0 heterocycles. The number of nitrogens with zero attached hydrogens (tertiary/aromatic N) is 1. The molecule has 0 N–H and O–H groups in total. The number of esters is 2. The second kappa shape index (κ2) is 36.5. The molecule has 0 amide bonds. The largest absolute Gasteiger partial charge is 0.544 e. The molecule has 0 aromatic carbocycles. The number of hydrogen-bond acceptors (Lipinski definition) is 7. The number of carbonyl (C=O) groups excluding carboxylic acids is 3. The Balaban J connectivity index is 4.57. The Labute approximate surface area is 329 Å². The minimum absolute atomic E-state index is 0.00476. The Bertz CT molecular complexity index is 1160. The molecule has 2 unspecified atom stereocenters. The molecule has 0 saturated heterocycles. The quantitative estimate of drug-likeness (QED) is 0.0275. The van der Waals surface area contributed by atoms with Gasteiger partial charge in [-0.2, -0.15) is 0 Å². The molecule has 2 atom stereocenters. The molecule has 0 aromatic rings. The molecule has 0 aromatic heterocycles. The fraction of sp³-hybridized carbons (Fsp3) is 0.630. The highest BCUT2D eigenvalue weighted by molar-refractivity contribution is 5.70. The summed E-state index contributed by atoms with van der Waals surface area (Å²) in [6, 6.07) is -0.746. The molecule has 0 bridgehead atoms. The molecular formula is C46H75NO7. The number of aliphatic carboxylic acids is 1. The van der Waals surface area contributed by atoms with Crippen LogP contribution >= 0.6 is 0 Å². The zero-order valence-electron chi connectivity index (χ0n) is 34.6. The first kappa shape index (κ1) is 50.5. The normalized spacial score (nSPS) is 13.9. The van der Waals surface area contributed by atoms with Gasteiger partial charge in [-0.25, -0.2) is 0 Å². The summed E-state index contributed by atoms with van der Waals surface area (Å²) in [6.45, 7) is 4.38. The van der Waals surface area contributed by atoms with E-state index in [4.69, 9.17) is 14.2 Å². The van der Waals surface area contributed by atoms with Crippen LogP contribution in [0.25, 0.3) is 0 Å². The van der Waals surface area contributed by atoms with Crippen LogP contribution in [0.5, 0.6) is 0 Å². The zero-order valence-corrected chi connectivity index (χ0v) is 34.6. The van der Waals surface area contributed by atoms with E-state index in [1.54, 1.807) is 21.1 Å². The first-order valence-corrected chi connectivity index (χ1v) is 20.6. The van der Waals surface area contributed by atoms with Gasteiger partial charge in [0.25, 0.3) is 0 Å². The van der Waals surface area contributed by atoms with Gasteiger partial charge in [0.15, 0.2) is 6.10 Å². The van der Waals surface area contributed by atoms with Crippen LogP contribution in [0.4, 0.5) is 0 Å². The third kappa shape index (κ3) is 34.3. The highest BCUT2D eigenvalue weighted by Gasteiger charge is 2.25. The van der Waals surface area contributed by atoms with Gasteiger partial charge in [-0.15, -0.1) is 0 Å². The molecule has 0 spiro atoms. The second-order valence-corrected chi connectivity index (χ2v) is 14.5. The van der Waals surface area contributed by atoms with Gasteiger partial charge >= 0.3 is 11.9 Å². The minimum Gasteiger partial charge on any atom is -0.544 e. The lowest BCUT2D eigenvalue weighted by Crippen LogP contribution is -2.55. The van der Waals surface area contributed by atoms with Crippen LogP contribution in [0, 0.1) is 0 Å². The molecule has 54 heavy (non-hydrogen) atoms. The van der Waals surface area contributed by atoms with Crippen molar-refractivity contribution in [3.63, 3.8) is 0 Å². The van der Waals surface area contributed by atoms with E-state index in [2.05, 4.69) is 92.8 Å². The molecule has 8 nitrogen and oxygen atoms in total. The number of unbranched alkanes of at least 4 members (excludes halogenated alkanes) is 7. The van der Waals surface area contributed by atoms with Gasteiger partial charge in [-0.3, -0.25) is 9.59 Å². The van der Waals surface area contributed by atoms with Crippen molar-refractivity contribution in [2.75, 3.05) is 41.0 Å². The maximum absolute atomic E-state index is 12.6. The molecule has 0 saturated carbocycles. The Hall–Kier alpha value is -3.49. The van der Waals surface area contributed by atoms with Gasteiger partial charge < -0.3 is 28.6 Å². The molecule has 0 aliphatic carbocycles. The van der Waals surface area contributed by atoms with Gasteiger partial charge in [0.2, 0.25) is 0 Å². The third-order valence-electron chi connectivity index (χ3n) is 8.53. The summed E-state index contributed by atoms with van der Waals surface area (Å²) >= 11 is 0. The lowest BCUT2D eigenvalue weighted by atomic mass is 10.1. The van der Waals surface area contributed by atoms with E-state index in [1.807, 2.05) is 6.08 Å². The van der Waals surface area contributed by atoms with E-state index in [-0.39, 0.29) is 49.5 Å². The van der Waals surface area contributed by atoms with Crippen molar-refractivity contribution in [3.05, 3.63) is 85.1 Å². The van der Waals surface area contributed by atoms with Gasteiger partial charge in [0.1, 0.15) is 12.6 Å². The average molecular weight is 754 g/mol. The van der Waals surface area contributed by atoms with E-state index in [0.717, 1.165) is 51.4 Å². The van der Waals surface area contributed by atoms with Crippen molar-refractivity contribution < 1.29 is 38.2 Å². The fourth-order valence-electron chi connectivity index (χ4n) is 5.33. The predicted octanol–water partition coefficient (Wildman–Crippen LogP) is 9.63. The number of ether oxygens (including phenoxy) is 3. The first-order chi connectivity index (χ1) is 26.1. The summed E-state index contributed by atoms with van der Waals surface area (Å²) in [5.41, 5.74) is 0. The van der Waals surface area contributed by atoms with Crippen LogP contribution in [0.15, 0.2) is 85.1 Å². The summed E-state index contributed by atoms with van der Waals surface area (Å²) in [7, 11) is 5.36. The molecule has 0 rings (SSSR count). The first-order valence-electron chi connectivity index (χ1n) is 20.6. The van der Waals surface area contributed by atoms with Crippen molar-refractivity contribution in [2.45, 2.75) is 148 Å². The highest BCUT2D eigenvalue weighted by Crippen LogP contribution is 2.10. The number of carboxylic acid groups (broad SMARTS) is 1. The maximum Gasteiger partial charge on any atom is 0.306 e. The lowest BCUT2D eigenvalue weighted by Gasteiger charge is -2.34. The number of carbonyl (C=O) groups is 3. The number of quaternary nitrogens is 1. The van der Waals surface area contributed by atoms with Crippen LogP contribution in [0.3, 0.4) is 0 Å². The molecule has 306 valence electrons. The minimum atomic E-state index is -1.14. The van der Waals surface area contributed by atoms with Crippen molar-refractivity contribution in [3.8, 4) is 0 Å². The van der Waals surface area contributed by atoms with Crippen LogP contribution in [0.2, 0.25) is 0 Å². The van der Waals surface area contributed by atoms with Crippen LogP contribution in [-0.4, -0.2) is 75.5 Å². The standard InChI is InChI=1S/C46H75NO7/c1-6-8-10-12-14-16-18-20-21-22-23-25-26-28-30-32-34-36-44(48)53-41-42(40-52-39-38-43(46(50)51)47(3,4)5)54-45(49)37-35-33-31-29-27-24-19-17-15-13-11-9-7-2/h8,10,14,16,20-21,23-25,27-28,30-31,33,42-43H,6-7,9,11-13,15,17-19,22,26,29,32,34-41H2,1-5H3/b10-8+,16-14+,21-20+,25-23+,27-24+,30-28+,33-31+. The van der Waals surface area contributed by atoms with Crippen LogP contribution in [-0.2, 0) is 28.6 Å². The SMILES string of the molecule is CC/C=C/C/C=C/C/C=C/C/C=C/C/C=C/CCCC(=O)OCC(COCCC(C(=O)[O-])[N+](C)(C)C)OC(=O)CC/C=C/C/C=C/CCCCCCCC. The summed E-state index contributed by atoms with van der Waals surface area (Å²) in [4.78, 5) is 36.7. The molecule has 0 aliphatic rings. The molecule has 0 aliphatic heterocycles. The monoisotopic (exact) mass is 754 g/mol. The number of likely N-dealkylation sites (N-methyl/N-ethyl adjacent to an activating group) is 1. The van der Waals surface area contributed by atoms with E-state index >= 15 is 0 Å². The van der Waals surface area contributed by atoms with Crippen LogP contribution < -0.4 is 5.11 Å². The maximum atomic E-state index is 12.6. The van der Waals surface area contributed by atoms with E-state index in [1.165, 1.54) is 38.5 Å². The molecular weight excluding hydrogens is 679 g/mol. The smallest absolute Gasteiger partial charge is 0.306 e. The number of hydrogen-bond donors (Lipinski definition) is 0. The van der Waals surface area contributed by atoms with Crippen molar-refractivity contribution in [1.82, 2.24) is 0 Å². The average Bonchev–Trinajstić information content (AvgIpc) is 3.12. The predicted molar refractivity (Wildman–Crippen MR) is 222 cm³/mol.